The molecule has 1 heteroatoms. The molecule has 1 fully saturated rings. The van der Waals surface area contributed by atoms with Crippen LogP contribution in [0.2, 0.25) is 0 Å². The first kappa shape index (κ1) is 11.0. The SMILES string of the molecule is CCCC1CCC(C)(C(C)(C)N)C1. The van der Waals surface area contributed by atoms with Crippen molar-refractivity contribution in [3.05, 3.63) is 0 Å². The van der Waals surface area contributed by atoms with Gasteiger partial charge in [-0.2, -0.15) is 0 Å². The van der Waals surface area contributed by atoms with Crippen molar-refractivity contribution in [3.8, 4) is 0 Å². The first-order chi connectivity index (χ1) is 5.89. The van der Waals surface area contributed by atoms with E-state index >= 15 is 0 Å². The van der Waals surface area contributed by atoms with E-state index in [4.69, 9.17) is 5.73 Å². The van der Waals surface area contributed by atoms with Gasteiger partial charge in [0, 0.05) is 5.54 Å². The van der Waals surface area contributed by atoms with E-state index in [1.54, 1.807) is 0 Å². The van der Waals surface area contributed by atoms with Gasteiger partial charge in [-0.1, -0.05) is 26.7 Å². The average Bonchev–Trinajstić information content (AvgIpc) is 2.32. The molecular weight excluding hydrogens is 158 g/mol. The first-order valence-corrected chi connectivity index (χ1v) is 5.68. The molecule has 2 atom stereocenters. The van der Waals surface area contributed by atoms with Gasteiger partial charge < -0.3 is 5.73 Å². The van der Waals surface area contributed by atoms with Crippen LogP contribution in [0.5, 0.6) is 0 Å². The third kappa shape index (κ3) is 2.25. The van der Waals surface area contributed by atoms with Crippen LogP contribution in [-0.2, 0) is 0 Å². The molecule has 0 radical (unpaired) electrons. The van der Waals surface area contributed by atoms with Gasteiger partial charge >= 0.3 is 0 Å². The monoisotopic (exact) mass is 183 g/mol. The Balaban J connectivity index is 2.56. The predicted molar refractivity (Wildman–Crippen MR) is 58.6 cm³/mol. The van der Waals surface area contributed by atoms with Crippen molar-refractivity contribution in [1.29, 1.82) is 0 Å². The molecule has 0 saturated heterocycles. The summed E-state index contributed by atoms with van der Waals surface area (Å²) in [6.07, 6.45) is 6.77. The lowest BCUT2D eigenvalue weighted by molar-refractivity contribution is 0.175. The minimum atomic E-state index is -0.00447. The van der Waals surface area contributed by atoms with Crippen molar-refractivity contribution in [2.45, 2.75) is 65.3 Å². The van der Waals surface area contributed by atoms with Gasteiger partial charge in [0.25, 0.3) is 0 Å². The second kappa shape index (κ2) is 3.61. The molecule has 0 bridgehead atoms. The maximum Gasteiger partial charge on any atom is 0.0151 e. The van der Waals surface area contributed by atoms with Crippen molar-refractivity contribution < 1.29 is 0 Å². The number of hydrogen-bond acceptors (Lipinski definition) is 1. The van der Waals surface area contributed by atoms with Crippen LogP contribution in [-0.4, -0.2) is 5.54 Å². The van der Waals surface area contributed by atoms with E-state index in [1.165, 1.54) is 32.1 Å². The quantitative estimate of drug-likeness (QED) is 0.713. The molecule has 2 unspecified atom stereocenters. The standard InChI is InChI=1S/C12H25N/c1-5-6-10-7-8-12(4,9-10)11(2,3)13/h10H,5-9,13H2,1-4H3. The lowest BCUT2D eigenvalue weighted by atomic mass is 9.71. The fourth-order valence-electron chi connectivity index (χ4n) is 2.60. The topological polar surface area (TPSA) is 26.0 Å². The van der Waals surface area contributed by atoms with Crippen molar-refractivity contribution in [3.63, 3.8) is 0 Å². The maximum absolute atomic E-state index is 6.23. The number of nitrogens with two attached hydrogens (primary N) is 1. The van der Waals surface area contributed by atoms with Crippen LogP contribution >= 0.6 is 0 Å². The molecule has 1 aliphatic carbocycles. The predicted octanol–water partition coefficient (Wildman–Crippen LogP) is 3.33. The van der Waals surface area contributed by atoms with Crippen LogP contribution in [0, 0.1) is 11.3 Å². The van der Waals surface area contributed by atoms with Crippen molar-refractivity contribution in [2.24, 2.45) is 17.1 Å². The summed E-state index contributed by atoms with van der Waals surface area (Å²) in [6, 6.07) is 0. The van der Waals surface area contributed by atoms with E-state index in [2.05, 4.69) is 27.7 Å². The van der Waals surface area contributed by atoms with Crippen LogP contribution in [0.4, 0.5) is 0 Å². The smallest absolute Gasteiger partial charge is 0.0151 e. The van der Waals surface area contributed by atoms with Gasteiger partial charge in [0.1, 0.15) is 0 Å². The van der Waals surface area contributed by atoms with Crippen LogP contribution in [0.3, 0.4) is 0 Å². The van der Waals surface area contributed by atoms with E-state index < -0.39 is 0 Å². The fraction of sp³-hybridized carbons (Fsp3) is 1.00. The Hall–Kier alpha value is -0.0400. The Morgan fingerprint density at radius 3 is 2.46 bits per heavy atom. The van der Waals surface area contributed by atoms with Gasteiger partial charge in [-0.15, -0.1) is 0 Å². The highest BCUT2D eigenvalue weighted by Crippen LogP contribution is 2.48. The molecule has 0 spiro atoms. The molecule has 0 aromatic heterocycles. The lowest BCUT2D eigenvalue weighted by Gasteiger charge is -2.38. The largest absolute Gasteiger partial charge is 0.325 e. The molecule has 1 nitrogen and oxygen atoms in total. The molecule has 0 aromatic carbocycles. The molecule has 0 aliphatic heterocycles. The molecule has 78 valence electrons. The minimum absolute atomic E-state index is 0.00447. The van der Waals surface area contributed by atoms with Gasteiger partial charge in [-0.3, -0.25) is 0 Å². The summed E-state index contributed by atoms with van der Waals surface area (Å²) < 4.78 is 0. The molecule has 2 N–H and O–H groups in total. The highest BCUT2D eigenvalue weighted by molar-refractivity contribution is 4.98. The van der Waals surface area contributed by atoms with E-state index in [9.17, 15) is 0 Å². The summed E-state index contributed by atoms with van der Waals surface area (Å²) >= 11 is 0. The highest BCUT2D eigenvalue weighted by atomic mass is 14.8. The molecule has 1 saturated carbocycles. The molecule has 0 aromatic rings. The van der Waals surface area contributed by atoms with Gasteiger partial charge in [0.2, 0.25) is 0 Å². The third-order valence-corrected chi connectivity index (χ3v) is 4.10. The summed E-state index contributed by atoms with van der Waals surface area (Å²) in [5.74, 6) is 0.942. The first-order valence-electron chi connectivity index (χ1n) is 5.68. The zero-order valence-corrected chi connectivity index (χ0v) is 9.69. The molecular formula is C12H25N. The molecule has 0 amide bonds. The van der Waals surface area contributed by atoms with Gasteiger partial charge in [-0.05, 0) is 44.4 Å². The lowest BCUT2D eigenvalue weighted by Crippen LogP contribution is -2.47. The Labute approximate surface area is 83.1 Å². The maximum atomic E-state index is 6.23. The summed E-state index contributed by atoms with van der Waals surface area (Å²) in [6.45, 7) is 9.01. The average molecular weight is 183 g/mol. The van der Waals surface area contributed by atoms with Crippen LogP contribution < -0.4 is 5.73 Å². The molecule has 0 heterocycles. The van der Waals surface area contributed by atoms with E-state index in [0.717, 1.165) is 5.92 Å². The van der Waals surface area contributed by atoms with Crippen LogP contribution in [0.15, 0.2) is 0 Å². The molecule has 13 heavy (non-hydrogen) atoms. The minimum Gasteiger partial charge on any atom is -0.325 e. The molecule has 1 aliphatic rings. The van der Waals surface area contributed by atoms with Gasteiger partial charge in [0.15, 0.2) is 0 Å². The summed E-state index contributed by atoms with van der Waals surface area (Å²) in [4.78, 5) is 0. The Morgan fingerprint density at radius 1 is 1.46 bits per heavy atom. The van der Waals surface area contributed by atoms with E-state index in [1.807, 2.05) is 0 Å². The van der Waals surface area contributed by atoms with Gasteiger partial charge in [0.05, 0.1) is 0 Å². The Morgan fingerprint density at radius 2 is 2.08 bits per heavy atom. The summed E-state index contributed by atoms with van der Waals surface area (Å²) in [5.41, 5.74) is 6.61. The third-order valence-electron chi connectivity index (χ3n) is 4.10. The number of hydrogen-bond donors (Lipinski definition) is 1. The zero-order chi connectivity index (χ0) is 10.1. The second-order valence-electron chi connectivity index (χ2n) is 5.68. The normalized spacial score (nSPS) is 35.3. The molecule has 1 rings (SSSR count). The Kier molecular flexibility index (Phi) is 3.06. The summed E-state index contributed by atoms with van der Waals surface area (Å²) in [7, 11) is 0. The Bertz CT molecular complexity index is 168. The van der Waals surface area contributed by atoms with Gasteiger partial charge in [-0.25, -0.2) is 0 Å². The fourth-order valence-corrected chi connectivity index (χ4v) is 2.60. The van der Waals surface area contributed by atoms with Crippen LogP contribution in [0.25, 0.3) is 0 Å². The highest BCUT2D eigenvalue weighted by Gasteiger charge is 2.43. The van der Waals surface area contributed by atoms with Crippen molar-refractivity contribution in [1.82, 2.24) is 0 Å². The number of rotatable bonds is 3. The van der Waals surface area contributed by atoms with E-state index in [0.29, 0.717) is 5.41 Å². The summed E-state index contributed by atoms with van der Waals surface area (Å²) in [5, 5.41) is 0. The second-order valence-corrected chi connectivity index (χ2v) is 5.68. The zero-order valence-electron chi connectivity index (χ0n) is 9.69. The van der Waals surface area contributed by atoms with Crippen molar-refractivity contribution >= 4 is 0 Å². The van der Waals surface area contributed by atoms with Crippen molar-refractivity contribution in [2.75, 3.05) is 0 Å². The van der Waals surface area contributed by atoms with E-state index in [-0.39, 0.29) is 5.54 Å². The van der Waals surface area contributed by atoms with Crippen LogP contribution in [0.1, 0.15) is 59.8 Å².